The number of nitrogens with zero attached hydrogens (tertiary/aromatic N) is 3. The Morgan fingerprint density at radius 3 is 2.14 bits per heavy atom. The summed E-state index contributed by atoms with van der Waals surface area (Å²) in [5.74, 6) is 0.880. The summed E-state index contributed by atoms with van der Waals surface area (Å²) in [6, 6.07) is 20.3. The molecule has 3 nitrogen and oxygen atoms in total. The fourth-order valence-electron chi connectivity index (χ4n) is 2.08. The second kappa shape index (κ2) is 6.14. The molecular formula is C17H17N3S. The van der Waals surface area contributed by atoms with Gasteiger partial charge in [0.05, 0.1) is 5.69 Å². The van der Waals surface area contributed by atoms with Gasteiger partial charge in [-0.2, -0.15) is 0 Å². The van der Waals surface area contributed by atoms with Gasteiger partial charge in [-0.15, -0.1) is 5.10 Å². The topological polar surface area (TPSA) is 30.7 Å². The van der Waals surface area contributed by atoms with Crippen molar-refractivity contribution in [2.24, 2.45) is 0 Å². The molecule has 0 aliphatic heterocycles. The second-order valence-corrected chi connectivity index (χ2v) is 6.54. The predicted octanol–water partition coefficient (Wildman–Crippen LogP) is 4.43. The van der Waals surface area contributed by atoms with Gasteiger partial charge in [-0.05, 0) is 12.1 Å². The van der Waals surface area contributed by atoms with Crippen molar-refractivity contribution in [1.82, 2.24) is 14.8 Å². The lowest BCUT2D eigenvalue weighted by atomic mass is 10.2. The third-order valence-corrected chi connectivity index (χ3v) is 3.82. The Morgan fingerprint density at radius 2 is 1.52 bits per heavy atom. The van der Waals surface area contributed by atoms with Gasteiger partial charge in [0.1, 0.15) is 0 Å². The summed E-state index contributed by atoms with van der Waals surface area (Å²) >= 11 is 1.68. The summed E-state index contributed by atoms with van der Waals surface area (Å²) in [5.41, 5.74) is 2.10. The Labute approximate surface area is 129 Å². The van der Waals surface area contributed by atoms with E-state index >= 15 is 0 Å². The molecule has 0 radical (unpaired) electrons. The normalized spacial score (nSPS) is 11.0. The smallest absolute Gasteiger partial charge is 0.209 e. The Morgan fingerprint density at radius 1 is 0.905 bits per heavy atom. The molecule has 0 spiro atoms. The number of rotatable bonds is 4. The number of benzene rings is 2. The summed E-state index contributed by atoms with van der Waals surface area (Å²) < 4.78 is 1.92. The Kier molecular flexibility index (Phi) is 4.06. The number of para-hydroxylation sites is 1. The van der Waals surface area contributed by atoms with Crippen LogP contribution >= 0.6 is 11.8 Å². The van der Waals surface area contributed by atoms with E-state index < -0.39 is 0 Å². The zero-order valence-corrected chi connectivity index (χ0v) is 12.9. The van der Waals surface area contributed by atoms with E-state index in [2.05, 4.69) is 31.1 Å². The predicted molar refractivity (Wildman–Crippen MR) is 87.8 cm³/mol. The van der Waals surface area contributed by atoms with E-state index in [1.54, 1.807) is 11.8 Å². The Balaban J connectivity index is 2.11. The molecule has 0 atom stereocenters. The van der Waals surface area contributed by atoms with Crippen LogP contribution in [-0.4, -0.2) is 20.0 Å². The van der Waals surface area contributed by atoms with Crippen molar-refractivity contribution in [3.63, 3.8) is 0 Å². The highest BCUT2D eigenvalue weighted by atomic mass is 32.2. The first-order valence-electron chi connectivity index (χ1n) is 6.98. The lowest BCUT2D eigenvalue weighted by molar-refractivity contribution is 0.837. The van der Waals surface area contributed by atoms with Gasteiger partial charge >= 0.3 is 0 Å². The molecule has 0 bridgehead atoms. The largest absolute Gasteiger partial charge is 0.212 e. The van der Waals surface area contributed by atoms with Crippen LogP contribution in [0.25, 0.3) is 17.1 Å². The highest BCUT2D eigenvalue weighted by molar-refractivity contribution is 7.99. The first-order valence-corrected chi connectivity index (χ1v) is 7.86. The van der Waals surface area contributed by atoms with Crippen LogP contribution in [0.4, 0.5) is 0 Å². The molecule has 106 valence electrons. The van der Waals surface area contributed by atoms with Crippen molar-refractivity contribution in [3.8, 4) is 17.1 Å². The fourth-order valence-corrected chi connectivity index (χ4v) is 2.77. The molecule has 0 saturated heterocycles. The maximum atomic E-state index is 4.71. The molecule has 3 aromatic rings. The quantitative estimate of drug-likeness (QED) is 0.667. The van der Waals surface area contributed by atoms with Gasteiger partial charge in [0, 0.05) is 10.8 Å². The number of thioether (sulfide) groups is 1. The van der Waals surface area contributed by atoms with E-state index in [-0.39, 0.29) is 0 Å². The number of hydrogen-bond donors (Lipinski definition) is 0. The van der Waals surface area contributed by atoms with Crippen molar-refractivity contribution in [2.45, 2.75) is 24.3 Å². The van der Waals surface area contributed by atoms with Crippen LogP contribution < -0.4 is 0 Å². The Bertz CT molecular complexity index is 648. The van der Waals surface area contributed by atoms with Crippen molar-refractivity contribution >= 4 is 11.8 Å². The van der Waals surface area contributed by atoms with Crippen LogP contribution in [-0.2, 0) is 0 Å². The average molecular weight is 295 g/mol. The fraction of sp³-hybridized carbons (Fsp3) is 0.176. The molecule has 0 saturated carbocycles. The molecule has 2 aromatic carbocycles. The van der Waals surface area contributed by atoms with E-state index in [0.29, 0.717) is 5.25 Å². The van der Waals surface area contributed by atoms with Crippen LogP contribution in [0.5, 0.6) is 0 Å². The zero-order valence-electron chi connectivity index (χ0n) is 12.1. The second-order valence-electron chi connectivity index (χ2n) is 5.00. The standard InChI is InChI=1S/C17H17N3S/c1-13(2)21-17-18-16(14-9-5-3-6-10-14)20(19-17)15-11-7-4-8-12-15/h3-13H,1-2H3. The number of hydrogen-bond acceptors (Lipinski definition) is 3. The minimum absolute atomic E-state index is 0.459. The van der Waals surface area contributed by atoms with Gasteiger partial charge in [0.2, 0.25) is 5.16 Å². The van der Waals surface area contributed by atoms with Gasteiger partial charge in [-0.1, -0.05) is 74.1 Å². The van der Waals surface area contributed by atoms with Crippen LogP contribution in [0.15, 0.2) is 65.8 Å². The minimum Gasteiger partial charge on any atom is -0.212 e. The first-order chi connectivity index (χ1) is 10.2. The molecule has 0 unspecified atom stereocenters. The summed E-state index contributed by atoms with van der Waals surface area (Å²) in [7, 11) is 0. The third-order valence-electron chi connectivity index (χ3n) is 2.96. The van der Waals surface area contributed by atoms with Crippen LogP contribution in [0.2, 0.25) is 0 Å². The molecule has 1 heterocycles. The molecule has 3 rings (SSSR count). The molecule has 21 heavy (non-hydrogen) atoms. The first kappa shape index (κ1) is 13.9. The molecule has 0 amide bonds. The molecular weight excluding hydrogens is 278 g/mol. The minimum atomic E-state index is 0.459. The van der Waals surface area contributed by atoms with Crippen molar-refractivity contribution in [3.05, 3.63) is 60.7 Å². The van der Waals surface area contributed by atoms with Gasteiger partial charge in [-0.25, -0.2) is 9.67 Å². The van der Waals surface area contributed by atoms with E-state index in [9.17, 15) is 0 Å². The van der Waals surface area contributed by atoms with E-state index in [0.717, 1.165) is 22.2 Å². The molecule has 0 aliphatic rings. The summed E-state index contributed by atoms with van der Waals surface area (Å²) in [4.78, 5) is 4.71. The molecule has 1 aromatic heterocycles. The van der Waals surface area contributed by atoms with E-state index in [1.165, 1.54) is 0 Å². The lowest BCUT2D eigenvalue weighted by Gasteiger charge is -2.05. The van der Waals surface area contributed by atoms with Crippen molar-refractivity contribution < 1.29 is 0 Å². The monoisotopic (exact) mass is 295 g/mol. The van der Waals surface area contributed by atoms with Crippen molar-refractivity contribution in [1.29, 1.82) is 0 Å². The van der Waals surface area contributed by atoms with Crippen molar-refractivity contribution in [2.75, 3.05) is 0 Å². The van der Waals surface area contributed by atoms with E-state index in [4.69, 9.17) is 4.98 Å². The number of aromatic nitrogens is 3. The van der Waals surface area contributed by atoms with Crippen LogP contribution in [0.1, 0.15) is 13.8 Å². The summed E-state index contributed by atoms with van der Waals surface area (Å²) in [5, 5.41) is 5.94. The van der Waals surface area contributed by atoms with Gasteiger partial charge in [0.15, 0.2) is 5.82 Å². The average Bonchev–Trinajstić information content (AvgIpc) is 2.92. The molecule has 0 aliphatic carbocycles. The van der Waals surface area contributed by atoms with Crippen LogP contribution in [0.3, 0.4) is 0 Å². The maximum absolute atomic E-state index is 4.71. The van der Waals surface area contributed by atoms with Gasteiger partial charge in [-0.3, -0.25) is 0 Å². The molecule has 0 N–H and O–H groups in total. The molecule has 4 heteroatoms. The van der Waals surface area contributed by atoms with Gasteiger partial charge < -0.3 is 0 Å². The van der Waals surface area contributed by atoms with Crippen LogP contribution in [0, 0.1) is 0 Å². The highest BCUT2D eigenvalue weighted by Gasteiger charge is 2.14. The maximum Gasteiger partial charge on any atom is 0.209 e. The van der Waals surface area contributed by atoms with Gasteiger partial charge in [0.25, 0.3) is 0 Å². The molecule has 0 fully saturated rings. The zero-order chi connectivity index (χ0) is 14.7. The lowest BCUT2D eigenvalue weighted by Crippen LogP contribution is -1.99. The summed E-state index contributed by atoms with van der Waals surface area (Å²) in [6.07, 6.45) is 0. The third kappa shape index (κ3) is 3.16. The SMILES string of the molecule is CC(C)Sc1nc(-c2ccccc2)n(-c2ccccc2)n1. The summed E-state index contributed by atoms with van der Waals surface area (Å²) in [6.45, 7) is 4.30. The Hall–Kier alpha value is -2.07. The van der Waals surface area contributed by atoms with E-state index in [1.807, 2.05) is 53.2 Å². The highest BCUT2D eigenvalue weighted by Crippen LogP contribution is 2.26.